The summed E-state index contributed by atoms with van der Waals surface area (Å²) < 4.78 is 0. The zero-order chi connectivity index (χ0) is 57.4. The third kappa shape index (κ3) is 22.7. The van der Waals surface area contributed by atoms with Crippen molar-refractivity contribution < 1.29 is 67.7 Å². The summed E-state index contributed by atoms with van der Waals surface area (Å²) in [6, 6.07) is -4.73. The number of carbonyl (C=O) groups is 12. The number of amides is 11. The average Bonchev–Trinajstić information content (AvgIpc) is 3.83. The number of nitrogens with two attached hydrogens (primary N) is 6. The number of carbonyl (C=O) groups excluding carboxylic acids is 11. The molecule has 0 spiro atoms. The Labute approximate surface area is 438 Å². The molecule has 2 rings (SSSR count). The van der Waals surface area contributed by atoms with Gasteiger partial charge in [-0.15, -0.1) is 0 Å². The average molecular weight is 1070 g/mol. The molecular formula is C47H75N15O14. The van der Waals surface area contributed by atoms with E-state index in [1.54, 1.807) is 58.0 Å². The lowest BCUT2D eigenvalue weighted by Gasteiger charge is -2.31. The van der Waals surface area contributed by atoms with E-state index in [0.717, 1.165) is 4.90 Å². The standard InChI is InChI=1S/C47H75N15O14/c1-23(2)16-29(58-42(72)30(17-24(3)4)59-43(73)31(57-39(69)26(48)22-63)18-25-10-6-5-7-11-25)41(71)55-27(12-8-14-54-47(52)53)40(70)61-33(20-36(50)65)46(76)62-15-9-13-34(62)45(75)60-32(19-35(49)64)44(74)56-28(38(51)68)21-37(66)67/h5-7,10-11,23-24,26-34,63H,8-9,12-22,48H2,1-4H3,(H2,49,64)(H2,50,65)(H2,51,68)(H,55,71)(H,56,74)(H,57,69)(H,58,72)(H,59,73)(H,60,75)(H,61,70)(H,66,67)(H4,52,53,54)/t26-,27-,28-,29-,30-,31-,32-,33-,34-/m0/s1. The fourth-order valence-corrected chi connectivity index (χ4v) is 7.94. The minimum atomic E-state index is -1.78. The first-order valence-electron chi connectivity index (χ1n) is 24.6. The van der Waals surface area contributed by atoms with Crippen LogP contribution in [0.5, 0.6) is 0 Å². The highest BCUT2D eigenvalue weighted by molar-refractivity contribution is 6.00. The fourth-order valence-electron chi connectivity index (χ4n) is 7.94. The first-order chi connectivity index (χ1) is 35.6. The second kappa shape index (κ2) is 31.7. The number of primary amides is 3. The molecule has 0 aliphatic carbocycles. The van der Waals surface area contributed by atoms with E-state index >= 15 is 0 Å². The van der Waals surface area contributed by atoms with Crippen molar-refractivity contribution in [3.8, 4) is 0 Å². The van der Waals surface area contributed by atoms with E-state index in [-0.39, 0.29) is 75.8 Å². The molecule has 1 saturated heterocycles. The fraction of sp³-hybridized carbons (Fsp3) is 0.596. The number of likely N-dealkylation sites (tertiary alicyclic amines) is 1. The second-order valence-electron chi connectivity index (χ2n) is 19.1. The number of aliphatic hydroxyl groups is 1. The van der Waals surface area contributed by atoms with Gasteiger partial charge in [0.05, 0.1) is 25.9 Å². The van der Waals surface area contributed by atoms with Crippen molar-refractivity contribution in [2.75, 3.05) is 19.7 Å². The monoisotopic (exact) mass is 1070 g/mol. The summed E-state index contributed by atoms with van der Waals surface area (Å²) in [6.07, 6.45) is -2.49. The maximum atomic E-state index is 14.3. The minimum absolute atomic E-state index is 0.00517. The van der Waals surface area contributed by atoms with Gasteiger partial charge in [-0.05, 0) is 55.9 Å². The first-order valence-corrected chi connectivity index (χ1v) is 24.6. The molecule has 76 heavy (non-hydrogen) atoms. The van der Waals surface area contributed by atoms with Crippen LogP contribution in [-0.2, 0) is 64.0 Å². The van der Waals surface area contributed by atoms with Crippen molar-refractivity contribution in [3.63, 3.8) is 0 Å². The predicted octanol–water partition coefficient (Wildman–Crippen LogP) is -6.21. The lowest BCUT2D eigenvalue weighted by atomic mass is 9.98. The third-order valence-electron chi connectivity index (χ3n) is 11.6. The van der Waals surface area contributed by atoms with Crippen molar-refractivity contribution in [3.05, 3.63) is 35.9 Å². The van der Waals surface area contributed by atoms with Crippen molar-refractivity contribution in [1.29, 1.82) is 0 Å². The van der Waals surface area contributed by atoms with Crippen LogP contribution in [0.2, 0.25) is 0 Å². The molecule has 11 amide bonds. The molecule has 422 valence electrons. The number of hydrogen-bond acceptors (Lipinski definition) is 15. The molecule has 0 aromatic heterocycles. The zero-order valence-corrected chi connectivity index (χ0v) is 43.1. The summed E-state index contributed by atoms with van der Waals surface area (Å²) in [5.74, 6) is -13.1. The first kappa shape index (κ1) is 64.2. The SMILES string of the molecule is CC(C)C[C@H](NC(=O)[C@H](CC(C)C)NC(=O)[C@H](Cc1ccccc1)NC(=O)[C@@H](N)CO)C(=O)N[C@@H](CCCN=C(N)N)C(=O)N[C@@H](CC(N)=O)C(=O)N1CCC[C@H]1C(=O)N[C@@H](CC(N)=O)C(=O)N[C@@H](CC(=O)O)C(N)=O. The van der Waals surface area contributed by atoms with Gasteiger partial charge in [-0.3, -0.25) is 62.5 Å². The maximum Gasteiger partial charge on any atom is 0.305 e. The van der Waals surface area contributed by atoms with Gasteiger partial charge in [0.15, 0.2) is 5.96 Å². The Bertz CT molecular complexity index is 2260. The quantitative estimate of drug-likeness (QED) is 0.0177. The lowest BCUT2D eigenvalue weighted by Crippen LogP contribution is -2.61. The molecule has 9 atom stereocenters. The molecule has 29 nitrogen and oxygen atoms in total. The van der Waals surface area contributed by atoms with Crippen LogP contribution in [0.15, 0.2) is 35.3 Å². The van der Waals surface area contributed by atoms with E-state index in [4.69, 9.17) is 39.5 Å². The molecule has 1 heterocycles. The van der Waals surface area contributed by atoms with Gasteiger partial charge in [0.25, 0.3) is 0 Å². The Morgan fingerprint density at radius 3 is 1.59 bits per heavy atom. The van der Waals surface area contributed by atoms with E-state index in [9.17, 15) is 62.6 Å². The van der Waals surface area contributed by atoms with Crippen LogP contribution in [0.4, 0.5) is 0 Å². The number of guanidine groups is 1. The maximum absolute atomic E-state index is 14.3. The van der Waals surface area contributed by atoms with E-state index in [1.807, 2.05) is 0 Å². The number of nitrogens with zero attached hydrogens (tertiary/aromatic N) is 2. The Hall–Kier alpha value is -7.95. The van der Waals surface area contributed by atoms with Crippen LogP contribution >= 0.6 is 0 Å². The summed E-state index contributed by atoms with van der Waals surface area (Å²) in [5, 5.41) is 35.9. The predicted molar refractivity (Wildman–Crippen MR) is 271 cm³/mol. The van der Waals surface area contributed by atoms with Gasteiger partial charge < -0.3 is 86.7 Å². The normalized spacial score (nSPS) is 16.2. The van der Waals surface area contributed by atoms with Crippen LogP contribution in [0.3, 0.4) is 0 Å². The molecule has 21 N–H and O–H groups in total. The molecule has 1 aliphatic rings. The third-order valence-corrected chi connectivity index (χ3v) is 11.6. The Balaban J connectivity index is 2.45. The van der Waals surface area contributed by atoms with Gasteiger partial charge in [-0.2, -0.15) is 0 Å². The van der Waals surface area contributed by atoms with Crippen LogP contribution < -0.4 is 71.6 Å². The zero-order valence-electron chi connectivity index (χ0n) is 43.1. The van der Waals surface area contributed by atoms with Crippen LogP contribution in [0.1, 0.15) is 91.0 Å². The van der Waals surface area contributed by atoms with Crippen molar-refractivity contribution >= 4 is 76.9 Å². The number of carboxylic acids is 1. The summed E-state index contributed by atoms with van der Waals surface area (Å²) in [7, 11) is 0. The van der Waals surface area contributed by atoms with Crippen LogP contribution in [-0.4, -0.2) is 166 Å². The van der Waals surface area contributed by atoms with E-state index < -0.39 is 151 Å². The molecule has 1 aliphatic heterocycles. The van der Waals surface area contributed by atoms with Crippen molar-refractivity contribution in [2.45, 2.75) is 146 Å². The number of rotatable bonds is 33. The van der Waals surface area contributed by atoms with Gasteiger partial charge in [0.1, 0.15) is 54.4 Å². The van der Waals surface area contributed by atoms with Crippen molar-refractivity contribution in [1.82, 2.24) is 42.1 Å². The Kier molecular flexibility index (Phi) is 26.8. The highest BCUT2D eigenvalue weighted by Crippen LogP contribution is 2.20. The number of nitrogens with one attached hydrogen (secondary N) is 7. The Morgan fingerprint density at radius 1 is 0.618 bits per heavy atom. The molecule has 1 fully saturated rings. The minimum Gasteiger partial charge on any atom is -0.481 e. The topological polar surface area (TPSA) is 501 Å². The lowest BCUT2D eigenvalue weighted by molar-refractivity contribution is -0.144. The number of benzene rings is 1. The molecule has 0 saturated carbocycles. The van der Waals surface area contributed by atoms with Crippen LogP contribution in [0, 0.1) is 11.8 Å². The highest BCUT2D eigenvalue weighted by atomic mass is 16.4. The molecule has 1 aromatic carbocycles. The van der Waals surface area contributed by atoms with Crippen LogP contribution in [0.25, 0.3) is 0 Å². The highest BCUT2D eigenvalue weighted by Gasteiger charge is 2.41. The smallest absolute Gasteiger partial charge is 0.305 e. The van der Waals surface area contributed by atoms with Gasteiger partial charge in [-0.25, -0.2) is 0 Å². The number of hydrogen-bond donors (Lipinski definition) is 15. The van der Waals surface area contributed by atoms with Gasteiger partial charge in [-0.1, -0.05) is 58.0 Å². The van der Waals surface area contributed by atoms with E-state index in [1.165, 1.54) is 0 Å². The van der Waals surface area contributed by atoms with E-state index in [2.05, 4.69) is 42.2 Å². The van der Waals surface area contributed by atoms with Gasteiger partial charge in [0.2, 0.25) is 65.0 Å². The summed E-state index contributed by atoms with van der Waals surface area (Å²) in [6.45, 7) is 6.23. The molecule has 1 aromatic rings. The summed E-state index contributed by atoms with van der Waals surface area (Å²) in [5.41, 5.74) is 33.4. The Morgan fingerprint density at radius 2 is 1.09 bits per heavy atom. The number of aliphatic imine (C=N–C) groups is 1. The summed E-state index contributed by atoms with van der Waals surface area (Å²) >= 11 is 0. The number of aliphatic carboxylic acids is 1. The molecule has 0 radical (unpaired) electrons. The molecule has 29 heteroatoms. The largest absolute Gasteiger partial charge is 0.481 e. The number of aliphatic hydroxyl groups excluding tert-OH is 1. The van der Waals surface area contributed by atoms with E-state index in [0.29, 0.717) is 5.56 Å². The van der Waals surface area contributed by atoms with Gasteiger partial charge in [0, 0.05) is 19.5 Å². The molecule has 0 unspecified atom stereocenters. The molecular weight excluding hydrogens is 999 g/mol. The molecule has 0 bridgehead atoms. The summed E-state index contributed by atoms with van der Waals surface area (Å²) in [4.78, 5) is 163. The second-order valence-corrected chi connectivity index (χ2v) is 19.1. The van der Waals surface area contributed by atoms with Crippen molar-refractivity contribution in [2.24, 2.45) is 51.2 Å². The van der Waals surface area contributed by atoms with Gasteiger partial charge >= 0.3 is 5.97 Å². The number of carboxylic acid groups (broad SMARTS) is 1.